The van der Waals surface area contributed by atoms with E-state index in [0.29, 0.717) is 35.0 Å². The fourth-order valence-electron chi connectivity index (χ4n) is 4.19. The van der Waals surface area contributed by atoms with Crippen molar-refractivity contribution < 1.29 is 13.2 Å². The molecular formula is C17H22N4O3S. The first kappa shape index (κ1) is 16.5. The third-order valence-electron chi connectivity index (χ3n) is 5.14. The van der Waals surface area contributed by atoms with E-state index in [0.717, 1.165) is 12.8 Å². The molecule has 4 rings (SSSR count). The third kappa shape index (κ3) is 2.83. The first-order chi connectivity index (χ1) is 12.0. The molecule has 8 heteroatoms. The van der Waals surface area contributed by atoms with E-state index in [1.54, 1.807) is 24.3 Å². The summed E-state index contributed by atoms with van der Waals surface area (Å²) in [6.45, 7) is 3.49. The standard InChI is InChI=1S/C17H22N4O3S/c1-11-17(12(2)20-19-11)25(22,23)21-13-6-7-14(21)10-15(9-13)24-16-5-3-4-8-18-16/h3-5,8,13-15H,6-7,9-10H2,1-2H3,(H,19,20)/t13-,14+,15-. The molecule has 2 fully saturated rings. The van der Waals surface area contributed by atoms with Crippen molar-refractivity contribution in [3.63, 3.8) is 0 Å². The first-order valence-electron chi connectivity index (χ1n) is 8.59. The van der Waals surface area contributed by atoms with Crippen LogP contribution in [0.2, 0.25) is 0 Å². The molecule has 0 unspecified atom stereocenters. The summed E-state index contributed by atoms with van der Waals surface area (Å²) in [5.74, 6) is 0.602. The van der Waals surface area contributed by atoms with Gasteiger partial charge in [0.25, 0.3) is 0 Å². The lowest BCUT2D eigenvalue weighted by molar-refractivity contribution is 0.0918. The second-order valence-corrected chi connectivity index (χ2v) is 8.64. The number of nitrogens with one attached hydrogen (secondary N) is 1. The van der Waals surface area contributed by atoms with Crippen molar-refractivity contribution in [2.75, 3.05) is 0 Å². The molecule has 2 saturated heterocycles. The van der Waals surface area contributed by atoms with Crippen LogP contribution >= 0.6 is 0 Å². The number of hydrogen-bond donors (Lipinski definition) is 1. The van der Waals surface area contributed by atoms with Crippen LogP contribution < -0.4 is 4.74 Å². The van der Waals surface area contributed by atoms with E-state index in [1.165, 1.54) is 0 Å². The fourth-order valence-corrected chi connectivity index (χ4v) is 6.42. The molecule has 0 radical (unpaired) electrons. The van der Waals surface area contributed by atoms with Crippen molar-refractivity contribution in [2.24, 2.45) is 0 Å². The number of fused-ring (bicyclic) bond motifs is 2. The highest BCUT2D eigenvalue weighted by atomic mass is 32.2. The van der Waals surface area contributed by atoms with E-state index in [2.05, 4.69) is 15.2 Å². The van der Waals surface area contributed by atoms with Crippen molar-refractivity contribution in [3.8, 4) is 5.88 Å². The number of nitrogens with zero attached hydrogens (tertiary/aromatic N) is 3. The number of sulfonamides is 1. The molecule has 0 saturated carbocycles. The zero-order valence-corrected chi connectivity index (χ0v) is 15.2. The average molecular weight is 362 g/mol. The Morgan fingerprint density at radius 2 is 1.92 bits per heavy atom. The Hall–Kier alpha value is -1.93. The molecule has 0 aliphatic carbocycles. The maximum absolute atomic E-state index is 13.2. The Bertz CT molecular complexity index is 832. The van der Waals surface area contributed by atoms with Crippen LogP contribution in [0.4, 0.5) is 0 Å². The number of ether oxygens (including phenoxy) is 1. The molecule has 1 N–H and O–H groups in total. The lowest BCUT2D eigenvalue weighted by Crippen LogP contribution is -2.49. The van der Waals surface area contributed by atoms with Gasteiger partial charge in [0.05, 0.1) is 11.4 Å². The van der Waals surface area contributed by atoms with E-state index >= 15 is 0 Å². The predicted octanol–water partition coefficient (Wildman–Crippen LogP) is 2.18. The number of hydrogen-bond acceptors (Lipinski definition) is 5. The average Bonchev–Trinajstić information content (AvgIpc) is 3.06. The molecule has 4 heterocycles. The van der Waals surface area contributed by atoms with E-state index < -0.39 is 10.0 Å². The molecule has 2 aromatic rings. The molecule has 0 aromatic carbocycles. The summed E-state index contributed by atoms with van der Waals surface area (Å²) in [4.78, 5) is 4.54. The maximum atomic E-state index is 13.2. The second kappa shape index (κ2) is 6.10. The molecule has 7 nitrogen and oxygen atoms in total. The van der Waals surface area contributed by atoms with Gasteiger partial charge < -0.3 is 4.74 Å². The minimum absolute atomic E-state index is 0.00499. The minimum atomic E-state index is -3.54. The van der Waals surface area contributed by atoms with Crippen LogP contribution in [0, 0.1) is 13.8 Å². The molecule has 25 heavy (non-hydrogen) atoms. The summed E-state index contributed by atoms with van der Waals surface area (Å²) in [6.07, 6.45) is 4.85. The van der Waals surface area contributed by atoms with E-state index in [9.17, 15) is 8.42 Å². The van der Waals surface area contributed by atoms with Crippen LogP contribution in [0.5, 0.6) is 5.88 Å². The lowest BCUT2D eigenvalue weighted by Gasteiger charge is -2.37. The van der Waals surface area contributed by atoms with Gasteiger partial charge in [-0.15, -0.1) is 0 Å². The van der Waals surface area contributed by atoms with E-state index in [1.807, 2.05) is 18.2 Å². The van der Waals surface area contributed by atoms with Gasteiger partial charge in [0.15, 0.2) is 0 Å². The molecule has 2 bridgehead atoms. The molecule has 3 atom stereocenters. The number of pyridine rings is 1. The molecule has 2 aromatic heterocycles. The van der Waals surface area contributed by atoms with E-state index in [-0.39, 0.29) is 18.2 Å². The molecule has 2 aliphatic heterocycles. The van der Waals surface area contributed by atoms with Crippen LogP contribution in [0.3, 0.4) is 0 Å². The van der Waals surface area contributed by atoms with Gasteiger partial charge in [-0.2, -0.15) is 9.40 Å². The van der Waals surface area contributed by atoms with Crippen molar-refractivity contribution in [2.45, 2.75) is 62.6 Å². The van der Waals surface area contributed by atoms with Crippen molar-refractivity contribution in [1.29, 1.82) is 0 Å². The van der Waals surface area contributed by atoms with Crippen LogP contribution in [0.1, 0.15) is 37.1 Å². The summed E-state index contributed by atoms with van der Waals surface area (Å²) in [5.41, 5.74) is 1.13. The van der Waals surface area contributed by atoms with Gasteiger partial charge in [0.2, 0.25) is 15.9 Å². The Morgan fingerprint density at radius 1 is 1.20 bits per heavy atom. The second-order valence-electron chi connectivity index (χ2n) is 6.86. The van der Waals surface area contributed by atoms with Gasteiger partial charge in [-0.25, -0.2) is 13.4 Å². The van der Waals surface area contributed by atoms with Crippen LogP contribution in [0.15, 0.2) is 29.3 Å². The normalized spacial score (nSPS) is 26.7. The number of aromatic amines is 1. The smallest absolute Gasteiger partial charge is 0.247 e. The Balaban J connectivity index is 1.57. The van der Waals surface area contributed by atoms with E-state index in [4.69, 9.17) is 4.74 Å². The molecule has 134 valence electrons. The molecule has 0 spiro atoms. The minimum Gasteiger partial charge on any atom is -0.474 e. The third-order valence-corrected chi connectivity index (χ3v) is 7.41. The number of aryl methyl sites for hydroxylation is 2. The zero-order chi connectivity index (χ0) is 17.6. The number of aromatic nitrogens is 3. The Labute approximate surface area is 147 Å². The van der Waals surface area contributed by atoms with Gasteiger partial charge >= 0.3 is 0 Å². The molecule has 2 aliphatic rings. The van der Waals surface area contributed by atoms with Crippen molar-refractivity contribution in [1.82, 2.24) is 19.5 Å². The maximum Gasteiger partial charge on any atom is 0.247 e. The highest BCUT2D eigenvalue weighted by molar-refractivity contribution is 7.89. The predicted molar refractivity (Wildman–Crippen MR) is 91.8 cm³/mol. The quantitative estimate of drug-likeness (QED) is 0.901. The van der Waals surface area contributed by atoms with Gasteiger partial charge in [0, 0.05) is 37.2 Å². The number of piperidine rings is 1. The van der Waals surface area contributed by atoms with Crippen LogP contribution in [0.25, 0.3) is 0 Å². The van der Waals surface area contributed by atoms with Gasteiger partial charge in [-0.05, 0) is 32.8 Å². The van der Waals surface area contributed by atoms with Crippen molar-refractivity contribution in [3.05, 3.63) is 35.8 Å². The summed E-state index contributed by atoms with van der Waals surface area (Å²) < 4.78 is 34.1. The highest BCUT2D eigenvalue weighted by Crippen LogP contribution is 2.41. The number of H-pyrrole nitrogens is 1. The first-order valence-corrected chi connectivity index (χ1v) is 10.0. The van der Waals surface area contributed by atoms with Gasteiger partial charge in [0.1, 0.15) is 11.0 Å². The Kier molecular flexibility index (Phi) is 4.04. The zero-order valence-electron chi connectivity index (χ0n) is 14.3. The molecule has 0 amide bonds. The highest BCUT2D eigenvalue weighted by Gasteiger charge is 2.49. The fraction of sp³-hybridized carbons (Fsp3) is 0.529. The van der Waals surface area contributed by atoms with Crippen molar-refractivity contribution >= 4 is 10.0 Å². The largest absolute Gasteiger partial charge is 0.474 e. The van der Waals surface area contributed by atoms with Gasteiger partial charge in [-0.3, -0.25) is 5.10 Å². The van der Waals surface area contributed by atoms with Gasteiger partial charge in [-0.1, -0.05) is 6.07 Å². The summed E-state index contributed by atoms with van der Waals surface area (Å²) in [5, 5.41) is 6.84. The topological polar surface area (TPSA) is 88.2 Å². The summed E-state index contributed by atoms with van der Waals surface area (Å²) in [7, 11) is -3.54. The lowest BCUT2D eigenvalue weighted by atomic mass is 10.0. The summed E-state index contributed by atoms with van der Waals surface area (Å²) >= 11 is 0. The number of rotatable bonds is 4. The van der Waals surface area contributed by atoms with Crippen LogP contribution in [-0.4, -0.2) is 46.1 Å². The van der Waals surface area contributed by atoms with Crippen LogP contribution in [-0.2, 0) is 10.0 Å². The summed E-state index contributed by atoms with van der Waals surface area (Å²) in [6, 6.07) is 5.53. The Morgan fingerprint density at radius 3 is 2.48 bits per heavy atom. The monoisotopic (exact) mass is 362 g/mol. The SMILES string of the molecule is Cc1n[nH]c(C)c1S(=O)(=O)N1[C@@H]2CC[C@H]1C[C@H](Oc1ccccn1)C2. The molecular weight excluding hydrogens is 340 g/mol.